The number of aliphatic hydroxyl groups excluding tert-OH is 5. The third kappa shape index (κ3) is 5.06. The van der Waals surface area contributed by atoms with Gasteiger partial charge in [-0.05, 0) is 0 Å². The van der Waals surface area contributed by atoms with Crippen LogP contribution in [-0.4, -0.2) is 80.2 Å². The molecule has 0 aliphatic carbocycles. The molecule has 0 amide bonds. The second kappa shape index (κ2) is 7.14. The van der Waals surface area contributed by atoms with E-state index in [9.17, 15) is 14.7 Å². The highest BCUT2D eigenvalue weighted by molar-refractivity contribution is 5.78. The van der Waals surface area contributed by atoms with Crippen LogP contribution in [0, 0.1) is 0 Å². The molecule has 9 heteroatoms. The zero-order valence-corrected chi connectivity index (χ0v) is 8.63. The maximum Gasteiger partial charge on any atom is 0.341 e. The number of aliphatic carboxylic acids is 1. The van der Waals surface area contributed by atoms with Gasteiger partial charge in [-0.2, -0.15) is 0 Å². The van der Waals surface area contributed by atoms with Crippen LogP contribution in [0.1, 0.15) is 0 Å². The Kier molecular flexibility index (Phi) is 6.61. The topological polar surface area (TPSA) is 165 Å². The van der Waals surface area contributed by atoms with Gasteiger partial charge in [-0.25, -0.2) is 9.59 Å². The Bertz CT molecular complexity index is 266. The molecule has 0 aromatic rings. The lowest BCUT2D eigenvalue weighted by atomic mass is 10.0. The summed E-state index contributed by atoms with van der Waals surface area (Å²) in [5.41, 5.74) is 0. The lowest BCUT2D eigenvalue weighted by Gasteiger charge is -2.24. The van der Waals surface area contributed by atoms with Gasteiger partial charge >= 0.3 is 11.9 Å². The lowest BCUT2D eigenvalue weighted by Crippen LogP contribution is -2.49. The van der Waals surface area contributed by atoms with E-state index < -0.39 is 49.6 Å². The average molecular weight is 254 g/mol. The summed E-state index contributed by atoms with van der Waals surface area (Å²) in [7, 11) is 0. The van der Waals surface area contributed by atoms with Gasteiger partial charge in [0.05, 0.1) is 6.61 Å². The number of aliphatic hydroxyl groups is 5. The van der Waals surface area contributed by atoms with E-state index in [1.807, 2.05) is 0 Å². The molecule has 0 aliphatic rings. The third-order valence-electron chi connectivity index (χ3n) is 1.83. The molecule has 0 radical (unpaired) electrons. The predicted octanol–water partition coefficient (Wildman–Crippen LogP) is -3.95. The minimum absolute atomic E-state index is 0.894. The van der Waals surface area contributed by atoms with Crippen LogP contribution < -0.4 is 0 Å². The summed E-state index contributed by atoms with van der Waals surface area (Å²) in [5, 5.41) is 53.0. The maximum absolute atomic E-state index is 11.0. The van der Waals surface area contributed by atoms with Crippen LogP contribution in [-0.2, 0) is 14.3 Å². The van der Waals surface area contributed by atoms with Crippen molar-refractivity contribution in [2.24, 2.45) is 0 Å². The van der Waals surface area contributed by atoms with E-state index in [4.69, 9.17) is 25.5 Å². The predicted molar refractivity (Wildman–Crippen MR) is 49.7 cm³/mol. The lowest BCUT2D eigenvalue weighted by molar-refractivity contribution is -0.174. The van der Waals surface area contributed by atoms with Crippen molar-refractivity contribution < 1.29 is 45.0 Å². The summed E-state index contributed by atoms with van der Waals surface area (Å²) in [6.45, 7) is -1.91. The highest BCUT2D eigenvalue weighted by Crippen LogP contribution is 2.06. The number of carbonyl (C=O) groups excluding carboxylic acids is 1. The standard InChI is InChI=1S/C8H14O9/c9-1-3(10)5(13)6(14)7(15)8(16)17-2-4(11)12/h3,5-7,9-10,13-15H,1-2H2,(H,11,12)/t3-,5-,6+,7-/m1/s1. The van der Waals surface area contributed by atoms with E-state index in [0.29, 0.717) is 0 Å². The summed E-state index contributed by atoms with van der Waals surface area (Å²) in [6.07, 6.45) is -8.08. The fourth-order valence-corrected chi connectivity index (χ4v) is 0.880. The van der Waals surface area contributed by atoms with Crippen LogP contribution >= 0.6 is 0 Å². The number of carboxylic acid groups (broad SMARTS) is 1. The number of carbonyl (C=O) groups is 2. The van der Waals surface area contributed by atoms with Gasteiger partial charge in [0.15, 0.2) is 12.7 Å². The van der Waals surface area contributed by atoms with E-state index in [1.54, 1.807) is 0 Å². The van der Waals surface area contributed by atoms with Gasteiger partial charge in [-0.15, -0.1) is 0 Å². The number of hydrogen-bond donors (Lipinski definition) is 6. The van der Waals surface area contributed by atoms with Crippen LogP contribution in [0.4, 0.5) is 0 Å². The molecular weight excluding hydrogens is 240 g/mol. The van der Waals surface area contributed by atoms with Gasteiger partial charge in [0, 0.05) is 0 Å². The van der Waals surface area contributed by atoms with E-state index in [1.165, 1.54) is 0 Å². The van der Waals surface area contributed by atoms with Crippen molar-refractivity contribution in [2.75, 3.05) is 13.2 Å². The zero-order chi connectivity index (χ0) is 13.6. The molecule has 100 valence electrons. The molecule has 0 aromatic heterocycles. The molecule has 0 bridgehead atoms. The van der Waals surface area contributed by atoms with Crippen LogP contribution in [0.5, 0.6) is 0 Å². The highest BCUT2D eigenvalue weighted by atomic mass is 16.6. The fourth-order valence-electron chi connectivity index (χ4n) is 0.880. The van der Waals surface area contributed by atoms with Crippen molar-refractivity contribution in [1.82, 2.24) is 0 Å². The van der Waals surface area contributed by atoms with Gasteiger partial charge in [-0.3, -0.25) is 0 Å². The molecule has 0 spiro atoms. The minimum Gasteiger partial charge on any atom is -0.479 e. The Balaban J connectivity index is 4.32. The quantitative estimate of drug-likeness (QED) is 0.249. The number of carboxylic acids is 1. The molecule has 17 heavy (non-hydrogen) atoms. The molecule has 0 saturated heterocycles. The van der Waals surface area contributed by atoms with Crippen LogP contribution in [0.2, 0.25) is 0 Å². The molecule has 0 saturated carbocycles. The molecule has 0 aliphatic heterocycles. The normalized spacial score (nSPS) is 17.9. The summed E-state index contributed by atoms with van der Waals surface area (Å²) < 4.78 is 4.05. The zero-order valence-electron chi connectivity index (χ0n) is 8.63. The summed E-state index contributed by atoms with van der Waals surface area (Å²) in [5.74, 6) is -2.93. The third-order valence-corrected chi connectivity index (χ3v) is 1.83. The Morgan fingerprint density at radius 3 is 2.00 bits per heavy atom. The second-order valence-electron chi connectivity index (χ2n) is 3.18. The largest absolute Gasteiger partial charge is 0.479 e. The van der Waals surface area contributed by atoms with Crippen molar-refractivity contribution >= 4 is 11.9 Å². The van der Waals surface area contributed by atoms with Crippen molar-refractivity contribution in [3.8, 4) is 0 Å². The fraction of sp³-hybridized carbons (Fsp3) is 0.750. The van der Waals surface area contributed by atoms with E-state index in [0.717, 1.165) is 0 Å². The maximum atomic E-state index is 11.0. The van der Waals surface area contributed by atoms with Gasteiger partial charge in [0.2, 0.25) is 0 Å². The molecule has 9 nitrogen and oxygen atoms in total. The first kappa shape index (κ1) is 15.7. The van der Waals surface area contributed by atoms with Gasteiger partial charge in [-0.1, -0.05) is 0 Å². The molecule has 0 unspecified atom stereocenters. The summed E-state index contributed by atoms with van der Waals surface area (Å²) in [4.78, 5) is 21.0. The number of hydrogen-bond acceptors (Lipinski definition) is 8. The second-order valence-corrected chi connectivity index (χ2v) is 3.18. The van der Waals surface area contributed by atoms with Crippen molar-refractivity contribution in [3.05, 3.63) is 0 Å². The number of rotatable bonds is 7. The highest BCUT2D eigenvalue weighted by Gasteiger charge is 2.35. The molecule has 0 aromatic carbocycles. The van der Waals surface area contributed by atoms with E-state index >= 15 is 0 Å². The molecule has 0 fully saturated rings. The van der Waals surface area contributed by atoms with Gasteiger partial charge in [0.1, 0.15) is 18.3 Å². The number of esters is 1. The van der Waals surface area contributed by atoms with Crippen molar-refractivity contribution in [2.45, 2.75) is 24.4 Å². The van der Waals surface area contributed by atoms with Crippen LogP contribution in [0.3, 0.4) is 0 Å². The first-order chi connectivity index (χ1) is 7.81. The molecule has 4 atom stereocenters. The Morgan fingerprint density at radius 2 is 1.59 bits per heavy atom. The van der Waals surface area contributed by atoms with Gasteiger partial charge < -0.3 is 35.4 Å². The Hall–Kier alpha value is -1.26. The molecule has 0 rings (SSSR count). The van der Waals surface area contributed by atoms with Crippen LogP contribution in [0.15, 0.2) is 0 Å². The molecule has 6 N–H and O–H groups in total. The first-order valence-corrected chi connectivity index (χ1v) is 4.52. The van der Waals surface area contributed by atoms with E-state index in [-0.39, 0.29) is 0 Å². The van der Waals surface area contributed by atoms with Crippen molar-refractivity contribution in [1.29, 1.82) is 0 Å². The van der Waals surface area contributed by atoms with Crippen LogP contribution in [0.25, 0.3) is 0 Å². The SMILES string of the molecule is O=C(O)COC(=O)[C@H](O)[C@@H](O)[C@H](O)[C@H](O)CO. The van der Waals surface area contributed by atoms with Crippen molar-refractivity contribution in [3.63, 3.8) is 0 Å². The number of ether oxygens (including phenoxy) is 1. The van der Waals surface area contributed by atoms with Gasteiger partial charge in [0.25, 0.3) is 0 Å². The Labute approximate surface area is 95.5 Å². The summed E-state index contributed by atoms with van der Waals surface area (Å²) >= 11 is 0. The summed E-state index contributed by atoms with van der Waals surface area (Å²) in [6, 6.07) is 0. The molecule has 0 heterocycles. The average Bonchev–Trinajstić information content (AvgIpc) is 2.31. The minimum atomic E-state index is -2.23. The first-order valence-electron chi connectivity index (χ1n) is 4.52. The Morgan fingerprint density at radius 1 is 1.06 bits per heavy atom. The molecular formula is C8H14O9. The smallest absolute Gasteiger partial charge is 0.341 e. The van der Waals surface area contributed by atoms with E-state index in [2.05, 4.69) is 4.74 Å². The monoisotopic (exact) mass is 254 g/mol.